The zero-order chi connectivity index (χ0) is 21.9. The van der Waals surface area contributed by atoms with Crippen molar-refractivity contribution in [2.75, 3.05) is 56.8 Å². The van der Waals surface area contributed by atoms with Gasteiger partial charge < -0.3 is 19.1 Å². The maximum atomic E-state index is 13.0. The number of thiazole rings is 1. The summed E-state index contributed by atoms with van der Waals surface area (Å²) in [6.45, 7) is 4.31. The molecule has 0 bridgehead atoms. The molecule has 168 valence electrons. The molecular weight excluding hydrogens is 430 g/mol. The lowest BCUT2D eigenvalue weighted by molar-refractivity contribution is 0.0848. The number of hydrogen-bond acceptors (Lipinski definition) is 9. The van der Waals surface area contributed by atoms with E-state index in [0.717, 1.165) is 60.9 Å². The zero-order valence-corrected chi connectivity index (χ0v) is 18.7. The van der Waals surface area contributed by atoms with E-state index in [1.54, 1.807) is 25.6 Å². The molecule has 5 heterocycles. The molecule has 2 fully saturated rings. The van der Waals surface area contributed by atoms with Crippen molar-refractivity contribution in [1.82, 2.24) is 15.0 Å². The molecule has 1 amide bonds. The van der Waals surface area contributed by atoms with Gasteiger partial charge in [-0.25, -0.2) is 9.97 Å². The number of fused-ring (bicyclic) bond motifs is 1. The molecule has 3 aromatic rings. The standard InChI is InChI=1S/C22H25N5O4S/c1-29-16-13-24-18(14-3-8-30-9-4-14)20-19(16)25-22(32-20)26-21(28)15-2-5-23-17(12-15)27-6-10-31-11-7-27/h2,5,12-14H,3-4,6-11H2,1H3,(H,25,26,28). The molecule has 32 heavy (non-hydrogen) atoms. The van der Waals surface area contributed by atoms with E-state index in [1.165, 1.54) is 11.3 Å². The van der Waals surface area contributed by atoms with Gasteiger partial charge in [-0.05, 0) is 25.0 Å². The van der Waals surface area contributed by atoms with Gasteiger partial charge >= 0.3 is 0 Å². The van der Waals surface area contributed by atoms with Crippen molar-refractivity contribution < 1.29 is 19.0 Å². The van der Waals surface area contributed by atoms with E-state index in [-0.39, 0.29) is 5.91 Å². The van der Waals surface area contributed by atoms with Crippen LogP contribution >= 0.6 is 11.3 Å². The quantitative estimate of drug-likeness (QED) is 0.627. The molecule has 0 spiro atoms. The van der Waals surface area contributed by atoms with Crippen LogP contribution in [-0.4, -0.2) is 67.5 Å². The number of ether oxygens (including phenoxy) is 3. The van der Waals surface area contributed by atoms with Crippen LogP contribution in [0.25, 0.3) is 10.2 Å². The van der Waals surface area contributed by atoms with Gasteiger partial charge in [0.2, 0.25) is 0 Å². The molecule has 2 aliphatic heterocycles. The molecule has 2 saturated heterocycles. The second kappa shape index (κ2) is 9.35. The Labute approximate surface area is 189 Å². The summed E-state index contributed by atoms with van der Waals surface area (Å²) in [5.74, 6) is 1.47. The summed E-state index contributed by atoms with van der Waals surface area (Å²) in [6.07, 6.45) is 5.23. The minimum absolute atomic E-state index is 0.222. The van der Waals surface area contributed by atoms with Crippen LogP contribution in [0.2, 0.25) is 0 Å². The van der Waals surface area contributed by atoms with Gasteiger partial charge in [-0.2, -0.15) is 0 Å². The molecular formula is C22H25N5O4S. The predicted octanol–water partition coefficient (Wildman–Crippen LogP) is 3.08. The van der Waals surface area contributed by atoms with E-state index in [4.69, 9.17) is 14.2 Å². The van der Waals surface area contributed by atoms with Crippen LogP contribution in [0.1, 0.15) is 34.8 Å². The van der Waals surface area contributed by atoms with E-state index in [1.807, 2.05) is 6.07 Å². The van der Waals surface area contributed by atoms with Crippen molar-refractivity contribution in [3.63, 3.8) is 0 Å². The van der Waals surface area contributed by atoms with Gasteiger partial charge in [0.05, 0.1) is 36.9 Å². The average molecular weight is 456 g/mol. The molecule has 10 heteroatoms. The molecule has 0 radical (unpaired) electrons. The first-order chi connectivity index (χ1) is 15.7. The summed E-state index contributed by atoms with van der Waals surface area (Å²) < 4.78 is 17.3. The van der Waals surface area contributed by atoms with Crippen molar-refractivity contribution in [1.29, 1.82) is 0 Å². The van der Waals surface area contributed by atoms with Gasteiger partial charge in [-0.1, -0.05) is 11.3 Å². The lowest BCUT2D eigenvalue weighted by atomic mass is 9.96. The van der Waals surface area contributed by atoms with Crippen LogP contribution in [-0.2, 0) is 9.47 Å². The number of morpholine rings is 1. The Kier molecular flexibility index (Phi) is 6.15. The Bertz CT molecular complexity index is 1110. The normalized spacial score (nSPS) is 17.5. The zero-order valence-electron chi connectivity index (χ0n) is 17.9. The second-order valence-electron chi connectivity index (χ2n) is 7.75. The lowest BCUT2D eigenvalue weighted by Crippen LogP contribution is -2.36. The van der Waals surface area contributed by atoms with Crippen molar-refractivity contribution in [3.8, 4) is 5.75 Å². The highest BCUT2D eigenvalue weighted by atomic mass is 32.1. The summed E-state index contributed by atoms with van der Waals surface area (Å²) in [4.78, 5) is 28.9. The smallest absolute Gasteiger partial charge is 0.257 e. The fourth-order valence-electron chi connectivity index (χ4n) is 4.07. The van der Waals surface area contributed by atoms with Gasteiger partial charge in [0.15, 0.2) is 10.9 Å². The number of nitrogens with zero attached hydrogens (tertiary/aromatic N) is 4. The molecule has 0 atom stereocenters. The maximum absolute atomic E-state index is 13.0. The van der Waals surface area contributed by atoms with Crippen molar-refractivity contribution in [2.24, 2.45) is 0 Å². The van der Waals surface area contributed by atoms with Crippen molar-refractivity contribution >= 4 is 38.4 Å². The molecule has 9 nitrogen and oxygen atoms in total. The lowest BCUT2D eigenvalue weighted by Gasteiger charge is -2.27. The summed E-state index contributed by atoms with van der Waals surface area (Å²) in [7, 11) is 1.60. The third-order valence-electron chi connectivity index (χ3n) is 5.81. The van der Waals surface area contributed by atoms with Gasteiger partial charge in [-0.15, -0.1) is 0 Å². The largest absolute Gasteiger partial charge is 0.493 e. The van der Waals surface area contributed by atoms with Gasteiger partial charge in [-0.3, -0.25) is 15.1 Å². The molecule has 3 aromatic heterocycles. The van der Waals surface area contributed by atoms with Crippen LogP contribution in [0.5, 0.6) is 5.75 Å². The third-order valence-corrected chi connectivity index (χ3v) is 6.80. The molecule has 0 aliphatic carbocycles. The van der Waals surface area contributed by atoms with E-state index in [2.05, 4.69) is 25.2 Å². The van der Waals surface area contributed by atoms with Crippen molar-refractivity contribution in [2.45, 2.75) is 18.8 Å². The highest BCUT2D eigenvalue weighted by Gasteiger charge is 2.24. The molecule has 1 N–H and O–H groups in total. The van der Waals surface area contributed by atoms with E-state index < -0.39 is 0 Å². The fraction of sp³-hybridized carbons (Fsp3) is 0.455. The second-order valence-corrected chi connectivity index (χ2v) is 8.75. The summed E-state index contributed by atoms with van der Waals surface area (Å²) >= 11 is 1.43. The van der Waals surface area contributed by atoms with Crippen molar-refractivity contribution in [3.05, 3.63) is 35.8 Å². The summed E-state index contributed by atoms with van der Waals surface area (Å²) in [6, 6.07) is 3.52. The molecule has 0 aromatic carbocycles. The van der Waals surface area contributed by atoms with E-state index >= 15 is 0 Å². The Morgan fingerprint density at radius 3 is 2.75 bits per heavy atom. The van der Waals surface area contributed by atoms with Gasteiger partial charge in [0, 0.05) is 44.0 Å². The maximum Gasteiger partial charge on any atom is 0.257 e. The Morgan fingerprint density at radius 2 is 1.97 bits per heavy atom. The highest BCUT2D eigenvalue weighted by molar-refractivity contribution is 7.22. The number of carbonyl (C=O) groups is 1. The first-order valence-corrected chi connectivity index (χ1v) is 11.6. The van der Waals surface area contributed by atoms with Crippen LogP contribution < -0.4 is 15.0 Å². The topological polar surface area (TPSA) is 98.7 Å². The average Bonchev–Trinajstić information content (AvgIpc) is 3.28. The molecule has 5 rings (SSSR count). The first kappa shape index (κ1) is 21.0. The Hall–Kier alpha value is -2.82. The Balaban J connectivity index is 1.41. The number of pyridine rings is 2. The summed E-state index contributed by atoms with van der Waals surface area (Å²) in [5, 5.41) is 3.47. The van der Waals surface area contributed by atoms with E-state index in [9.17, 15) is 4.79 Å². The fourth-order valence-corrected chi connectivity index (χ4v) is 5.11. The predicted molar refractivity (Wildman–Crippen MR) is 122 cm³/mol. The highest BCUT2D eigenvalue weighted by Crippen LogP contribution is 2.39. The van der Waals surface area contributed by atoms with Gasteiger partial charge in [0.25, 0.3) is 5.91 Å². The van der Waals surface area contributed by atoms with Gasteiger partial charge in [0.1, 0.15) is 11.3 Å². The molecule has 0 unspecified atom stereocenters. The number of nitrogens with one attached hydrogen (secondary N) is 1. The monoisotopic (exact) mass is 455 g/mol. The molecule has 0 saturated carbocycles. The van der Waals surface area contributed by atoms with Crippen LogP contribution in [0.3, 0.4) is 0 Å². The minimum atomic E-state index is -0.222. The number of amides is 1. The third kappa shape index (κ3) is 4.25. The Morgan fingerprint density at radius 1 is 1.19 bits per heavy atom. The first-order valence-electron chi connectivity index (χ1n) is 10.7. The SMILES string of the molecule is COc1cnc(C2CCOCC2)c2sc(NC(=O)c3ccnc(N4CCOCC4)c3)nc12. The summed E-state index contributed by atoms with van der Waals surface area (Å²) in [5.41, 5.74) is 2.27. The number of hydrogen-bond donors (Lipinski definition) is 1. The number of aromatic nitrogens is 3. The van der Waals surface area contributed by atoms with Crippen LogP contribution in [0.4, 0.5) is 10.9 Å². The number of carbonyl (C=O) groups excluding carboxylic acids is 1. The molecule has 2 aliphatic rings. The minimum Gasteiger partial charge on any atom is -0.493 e. The van der Waals surface area contributed by atoms with E-state index in [0.29, 0.717) is 35.6 Å². The number of rotatable bonds is 5. The van der Waals surface area contributed by atoms with Crippen LogP contribution in [0.15, 0.2) is 24.5 Å². The number of anilines is 2. The number of methoxy groups -OCH3 is 1. The van der Waals surface area contributed by atoms with Crippen LogP contribution in [0, 0.1) is 0 Å².